The number of nitrogens with one attached hydrogen (secondary N) is 2. The van der Waals surface area contributed by atoms with Gasteiger partial charge in [-0.1, -0.05) is 42.5 Å². The molecule has 3 nitrogen and oxygen atoms in total. The van der Waals surface area contributed by atoms with E-state index in [1.807, 2.05) is 0 Å². The number of fused-ring (bicyclic) bond motifs is 1. The highest BCUT2D eigenvalue weighted by Crippen LogP contribution is 2.23. The summed E-state index contributed by atoms with van der Waals surface area (Å²) in [7, 11) is 0. The van der Waals surface area contributed by atoms with Crippen molar-refractivity contribution in [1.29, 1.82) is 0 Å². The quantitative estimate of drug-likeness (QED) is 0.895. The van der Waals surface area contributed by atoms with E-state index in [1.54, 1.807) is 0 Å². The molecule has 2 atom stereocenters. The normalized spacial score (nSPS) is 20.9. The van der Waals surface area contributed by atoms with Crippen LogP contribution in [-0.4, -0.2) is 32.3 Å². The van der Waals surface area contributed by atoms with Crippen molar-refractivity contribution in [1.82, 2.24) is 10.6 Å². The first kappa shape index (κ1) is 13.6. The van der Waals surface area contributed by atoms with Gasteiger partial charge in [-0.2, -0.15) is 0 Å². The zero-order chi connectivity index (χ0) is 13.8. The monoisotopic (exact) mass is 270 g/mol. The maximum absolute atomic E-state index is 5.49. The Labute approximate surface area is 120 Å². The molecule has 1 saturated heterocycles. The summed E-state index contributed by atoms with van der Waals surface area (Å²) < 4.78 is 5.49. The second-order valence-electron chi connectivity index (χ2n) is 5.42. The molecule has 0 aliphatic carbocycles. The van der Waals surface area contributed by atoms with Gasteiger partial charge < -0.3 is 15.4 Å². The maximum Gasteiger partial charge on any atom is 0.0632 e. The van der Waals surface area contributed by atoms with Gasteiger partial charge in [0.15, 0.2) is 0 Å². The van der Waals surface area contributed by atoms with Crippen molar-refractivity contribution in [3.8, 4) is 0 Å². The van der Waals surface area contributed by atoms with Gasteiger partial charge in [0.25, 0.3) is 0 Å². The molecular weight excluding hydrogens is 248 g/mol. The lowest BCUT2D eigenvalue weighted by molar-refractivity contribution is 0.0760. The van der Waals surface area contributed by atoms with Gasteiger partial charge in [-0.3, -0.25) is 0 Å². The molecule has 20 heavy (non-hydrogen) atoms. The van der Waals surface area contributed by atoms with E-state index in [0.29, 0.717) is 12.1 Å². The lowest BCUT2D eigenvalue weighted by Gasteiger charge is -2.26. The second kappa shape index (κ2) is 6.35. The zero-order valence-corrected chi connectivity index (χ0v) is 11.9. The first-order valence-electron chi connectivity index (χ1n) is 7.37. The van der Waals surface area contributed by atoms with Gasteiger partial charge >= 0.3 is 0 Å². The van der Waals surface area contributed by atoms with Gasteiger partial charge in [0.2, 0.25) is 0 Å². The lowest BCUT2D eigenvalue weighted by atomic mass is 9.99. The molecule has 2 aromatic carbocycles. The van der Waals surface area contributed by atoms with Crippen LogP contribution in [0.1, 0.15) is 18.5 Å². The smallest absolute Gasteiger partial charge is 0.0632 e. The number of benzene rings is 2. The highest BCUT2D eigenvalue weighted by molar-refractivity contribution is 5.86. The van der Waals surface area contributed by atoms with Gasteiger partial charge in [0.05, 0.1) is 13.2 Å². The Balaban J connectivity index is 1.70. The molecule has 1 heterocycles. The molecule has 0 saturated carbocycles. The average molecular weight is 270 g/mol. The number of hydrogen-bond acceptors (Lipinski definition) is 3. The van der Waals surface area contributed by atoms with E-state index < -0.39 is 0 Å². The van der Waals surface area contributed by atoms with E-state index in [0.717, 1.165) is 26.3 Å². The van der Waals surface area contributed by atoms with Crippen molar-refractivity contribution in [2.75, 3.05) is 26.3 Å². The predicted molar refractivity (Wildman–Crippen MR) is 83.0 cm³/mol. The molecule has 106 valence electrons. The summed E-state index contributed by atoms with van der Waals surface area (Å²) in [5, 5.41) is 9.73. The van der Waals surface area contributed by atoms with Crippen LogP contribution in [0.2, 0.25) is 0 Å². The van der Waals surface area contributed by atoms with Crippen molar-refractivity contribution in [3.05, 3.63) is 48.0 Å². The summed E-state index contributed by atoms with van der Waals surface area (Å²) in [6.45, 7) is 5.75. The fraction of sp³-hybridized carbons (Fsp3) is 0.412. The van der Waals surface area contributed by atoms with E-state index >= 15 is 0 Å². The largest absolute Gasteiger partial charge is 0.378 e. The second-order valence-corrected chi connectivity index (χ2v) is 5.42. The first-order chi connectivity index (χ1) is 9.84. The summed E-state index contributed by atoms with van der Waals surface area (Å²) in [6, 6.07) is 15.8. The van der Waals surface area contributed by atoms with E-state index in [1.165, 1.54) is 16.3 Å². The summed E-state index contributed by atoms with van der Waals surface area (Å²) in [5.41, 5.74) is 1.36. The Bertz CT molecular complexity index is 558. The third kappa shape index (κ3) is 3.01. The van der Waals surface area contributed by atoms with Crippen molar-refractivity contribution >= 4 is 10.8 Å². The Kier molecular flexibility index (Phi) is 4.31. The molecule has 1 aliphatic heterocycles. The standard InChI is InChI=1S/C17H22N2O/c1-13(19-11-15-12-20-10-9-18-15)16-8-4-6-14-5-2-3-7-17(14)16/h2-8,13,15,18-19H,9-12H2,1H3/t13-,15?/m1/s1. The van der Waals surface area contributed by atoms with E-state index in [-0.39, 0.29) is 0 Å². The Morgan fingerprint density at radius 2 is 2.10 bits per heavy atom. The number of hydrogen-bond donors (Lipinski definition) is 2. The summed E-state index contributed by atoms with van der Waals surface area (Å²) in [5.74, 6) is 0. The van der Waals surface area contributed by atoms with Crippen LogP contribution in [-0.2, 0) is 4.74 Å². The minimum atomic E-state index is 0.338. The van der Waals surface area contributed by atoms with Crippen molar-refractivity contribution < 1.29 is 4.74 Å². The summed E-state index contributed by atoms with van der Waals surface area (Å²) in [6.07, 6.45) is 0. The maximum atomic E-state index is 5.49. The zero-order valence-electron chi connectivity index (χ0n) is 11.9. The van der Waals surface area contributed by atoms with Crippen molar-refractivity contribution in [2.24, 2.45) is 0 Å². The van der Waals surface area contributed by atoms with E-state index in [9.17, 15) is 0 Å². The molecule has 0 aromatic heterocycles. The number of morpholine rings is 1. The molecule has 2 aromatic rings. The third-order valence-electron chi connectivity index (χ3n) is 3.96. The first-order valence-corrected chi connectivity index (χ1v) is 7.37. The SMILES string of the molecule is C[C@@H](NCC1COCCN1)c1cccc2ccccc12. The molecule has 0 bridgehead atoms. The van der Waals surface area contributed by atoms with Crippen LogP contribution in [0.4, 0.5) is 0 Å². The van der Waals surface area contributed by atoms with Crippen molar-refractivity contribution in [2.45, 2.75) is 19.0 Å². The van der Waals surface area contributed by atoms with E-state index in [2.05, 4.69) is 60.0 Å². The molecule has 3 heteroatoms. The molecule has 3 rings (SSSR count). The Hall–Kier alpha value is -1.42. The van der Waals surface area contributed by atoms with Gasteiger partial charge in [-0.05, 0) is 23.3 Å². The predicted octanol–water partition coefficient (Wildman–Crippen LogP) is 2.48. The summed E-state index contributed by atoms with van der Waals surface area (Å²) >= 11 is 0. The van der Waals surface area contributed by atoms with Crippen LogP contribution in [0.25, 0.3) is 10.8 Å². The van der Waals surface area contributed by atoms with Crippen molar-refractivity contribution in [3.63, 3.8) is 0 Å². The molecule has 0 amide bonds. The fourth-order valence-electron chi connectivity index (χ4n) is 2.81. The topological polar surface area (TPSA) is 33.3 Å². The van der Waals surface area contributed by atoms with Crippen LogP contribution in [0.15, 0.2) is 42.5 Å². The van der Waals surface area contributed by atoms with E-state index in [4.69, 9.17) is 4.74 Å². The van der Waals surface area contributed by atoms with Gasteiger partial charge in [0, 0.05) is 25.2 Å². The Morgan fingerprint density at radius 1 is 1.25 bits per heavy atom. The van der Waals surface area contributed by atoms with Gasteiger partial charge in [-0.25, -0.2) is 0 Å². The molecule has 2 N–H and O–H groups in total. The average Bonchev–Trinajstić information content (AvgIpc) is 2.53. The fourth-order valence-corrected chi connectivity index (χ4v) is 2.81. The van der Waals surface area contributed by atoms with Crippen LogP contribution >= 0.6 is 0 Å². The van der Waals surface area contributed by atoms with Crippen LogP contribution in [0.3, 0.4) is 0 Å². The molecule has 1 unspecified atom stereocenters. The Morgan fingerprint density at radius 3 is 2.95 bits per heavy atom. The minimum Gasteiger partial charge on any atom is -0.378 e. The summed E-state index contributed by atoms with van der Waals surface area (Å²) in [4.78, 5) is 0. The van der Waals surface area contributed by atoms with Crippen LogP contribution in [0, 0.1) is 0 Å². The van der Waals surface area contributed by atoms with Gasteiger partial charge in [0.1, 0.15) is 0 Å². The van der Waals surface area contributed by atoms with Crippen LogP contribution < -0.4 is 10.6 Å². The lowest BCUT2D eigenvalue weighted by Crippen LogP contribution is -2.47. The molecule has 0 radical (unpaired) electrons. The molecular formula is C17H22N2O. The van der Waals surface area contributed by atoms with Gasteiger partial charge in [-0.15, -0.1) is 0 Å². The third-order valence-corrected chi connectivity index (χ3v) is 3.96. The number of ether oxygens (including phenoxy) is 1. The minimum absolute atomic E-state index is 0.338. The highest BCUT2D eigenvalue weighted by Gasteiger charge is 2.15. The van der Waals surface area contributed by atoms with Crippen LogP contribution in [0.5, 0.6) is 0 Å². The molecule has 0 spiro atoms. The number of rotatable bonds is 4. The highest BCUT2D eigenvalue weighted by atomic mass is 16.5. The molecule has 1 aliphatic rings. The molecule has 1 fully saturated rings.